The molecule has 0 spiro atoms. The van der Waals surface area contributed by atoms with Crippen molar-refractivity contribution in [3.05, 3.63) is 23.8 Å². The third-order valence-electron chi connectivity index (χ3n) is 3.43. The standard InChI is InChI=1S/C14H20N2O/c1-9(17)16-12-6-5-11(15)7-10(12)8-13(16)14(2,3)4/h5-7,13H,8,15H2,1-4H3. The molecule has 1 heterocycles. The van der Waals surface area contributed by atoms with Crippen LogP contribution in [-0.2, 0) is 11.2 Å². The highest BCUT2D eigenvalue weighted by Gasteiger charge is 2.39. The van der Waals surface area contributed by atoms with E-state index in [1.807, 2.05) is 23.1 Å². The van der Waals surface area contributed by atoms with Crippen LogP contribution in [0.5, 0.6) is 0 Å². The predicted molar refractivity (Wildman–Crippen MR) is 71.0 cm³/mol. The zero-order valence-corrected chi connectivity index (χ0v) is 10.9. The molecule has 1 atom stereocenters. The number of fused-ring (bicyclic) bond motifs is 1. The molecule has 0 saturated heterocycles. The molecule has 0 aromatic heterocycles. The third-order valence-corrected chi connectivity index (χ3v) is 3.43. The molecular weight excluding hydrogens is 212 g/mol. The molecule has 3 heteroatoms. The van der Waals surface area contributed by atoms with Gasteiger partial charge in [-0.15, -0.1) is 0 Å². The third kappa shape index (κ3) is 2.02. The van der Waals surface area contributed by atoms with Crippen molar-refractivity contribution in [2.75, 3.05) is 10.6 Å². The second-order valence-electron chi connectivity index (χ2n) is 5.86. The molecule has 0 bridgehead atoms. The van der Waals surface area contributed by atoms with Crippen LogP contribution in [0.1, 0.15) is 33.3 Å². The fraction of sp³-hybridized carbons (Fsp3) is 0.500. The molecule has 1 aromatic rings. The summed E-state index contributed by atoms with van der Waals surface area (Å²) in [5, 5.41) is 0. The van der Waals surface area contributed by atoms with Gasteiger partial charge >= 0.3 is 0 Å². The minimum atomic E-state index is 0.0689. The first kappa shape index (κ1) is 12.0. The van der Waals surface area contributed by atoms with E-state index in [1.165, 1.54) is 5.56 Å². The number of amides is 1. The lowest BCUT2D eigenvalue weighted by Gasteiger charge is -2.34. The van der Waals surface area contributed by atoms with E-state index >= 15 is 0 Å². The van der Waals surface area contributed by atoms with E-state index in [9.17, 15) is 4.79 Å². The Morgan fingerprint density at radius 3 is 2.59 bits per heavy atom. The Morgan fingerprint density at radius 1 is 1.41 bits per heavy atom. The Hall–Kier alpha value is -1.51. The van der Waals surface area contributed by atoms with Gasteiger partial charge in [0.05, 0.1) is 0 Å². The molecule has 3 nitrogen and oxygen atoms in total. The van der Waals surface area contributed by atoms with Crippen LogP contribution < -0.4 is 10.6 Å². The van der Waals surface area contributed by atoms with Crippen LogP contribution in [-0.4, -0.2) is 11.9 Å². The number of hydrogen-bond acceptors (Lipinski definition) is 2. The number of nitrogen functional groups attached to an aromatic ring is 1. The highest BCUT2D eigenvalue weighted by atomic mass is 16.2. The van der Waals surface area contributed by atoms with Crippen LogP contribution in [0, 0.1) is 5.41 Å². The average Bonchev–Trinajstić information content (AvgIpc) is 2.55. The summed E-state index contributed by atoms with van der Waals surface area (Å²) in [6.07, 6.45) is 0.892. The lowest BCUT2D eigenvalue weighted by molar-refractivity contribution is -0.117. The van der Waals surface area contributed by atoms with Gasteiger partial charge in [0.15, 0.2) is 0 Å². The van der Waals surface area contributed by atoms with Crippen molar-refractivity contribution in [2.24, 2.45) is 5.41 Å². The van der Waals surface area contributed by atoms with Crippen LogP contribution in [0.25, 0.3) is 0 Å². The second kappa shape index (κ2) is 3.76. The zero-order chi connectivity index (χ0) is 12.8. The number of nitrogens with two attached hydrogens (primary N) is 1. The summed E-state index contributed by atoms with van der Waals surface area (Å²) in [6, 6.07) is 6.02. The van der Waals surface area contributed by atoms with E-state index in [0.717, 1.165) is 17.8 Å². The van der Waals surface area contributed by atoms with Crippen molar-refractivity contribution < 1.29 is 4.79 Å². The predicted octanol–water partition coefficient (Wildman–Crippen LogP) is 2.59. The maximum absolute atomic E-state index is 11.8. The van der Waals surface area contributed by atoms with E-state index < -0.39 is 0 Å². The topological polar surface area (TPSA) is 46.3 Å². The van der Waals surface area contributed by atoms with Crippen LogP contribution in [0.2, 0.25) is 0 Å². The Bertz CT molecular complexity index is 460. The van der Waals surface area contributed by atoms with Crippen LogP contribution in [0.3, 0.4) is 0 Å². The Labute approximate surface area is 103 Å². The molecule has 0 aliphatic carbocycles. The van der Waals surface area contributed by atoms with Crippen LogP contribution >= 0.6 is 0 Å². The number of anilines is 2. The molecule has 92 valence electrons. The van der Waals surface area contributed by atoms with E-state index in [-0.39, 0.29) is 17.4 Å². The normalized spacial score (nSPS) is 19.3. The van der Waals surface area contributed by atoms with Crippen molar-refractivity contribution in [1.82, 2.24) is 0 Å². The van der Waals surface area contributed by atoms with Gasteiger partial charge in [-0.2, -0.15) is 0 Å². The van der Waals surface area contributed by atoms with Gasteiger partial charge in [-0.05, 0) is 35.6 Å². The first-order valence-corrected chi connectivity index (χ1v) is 5.99. The minimum Gasteiger partial charge on any atom is -0.399 e. The van der Waals surface area contributed by atoms with Gasteiger partial charge in [0.2, 0.25) is 5.91 Å². The molecule has 17 heavy (non-hydrogen) atoms. The maximum atomic E-state index is 11.8. The summed E-state index contributed by atoms with van der Waals surface area (Å²) in [7, 11) is 0. The number of nitrogens with zero attached hydrogens (tertiary/aromatic N) is 1. The number of hydrogen-bond donors (Lipinski definition) is 1. The lowest BCUT2D eigenvalue weighted by atomic mass is 9.84. The molecule has 1 aliphatic heterocycles. The van der Waals surface area contributed by atoms with Gasteiger partial charge < -0.3 is 10.6 Å². The molecule has 1 unspecified atom stereocenters. The van der Waals surface area contributed by atoms with Crippen LogP contribution in [0.4, 0.5) is 11.4 Å². The fourth-order valence-corrected chi connectivity index (χ4v) is 2.55. The molecule has 1 aliphatic rings. The van der Waals surface area contributed by atoms with Crippen molar-refractivity contribution >= 4 is 17.3 Å². The summed E-state index contributed by atoms with van der Waals surface area (Å²) in [5.74, 6) is 0.105. The van der Waals surface area contributed by atoms with E-state index in [4.69, 9.17) is 5.73 Å². The van der Waals surface area contributed by atoms with Gasteiger partial charge in [0.1, 0.15) is 0 Å². The summed E-state index contributed by atoms with van der Waals surface area (Å²) in [4.78, 5) is 13.8. The first-order chi connectivity index (χ1) is 7.80. The number of rotatable bonds is 0. The largest absolute Gasteiger partial charge is 0.399 e. The Kier molecular flexibility index (Phi) is 2.64. The van der Waals surface area contributed by atoms with Crippen LogP contribution in [0.15, 0.2) is 18.2 Å². The van der Waals surface area contributed by atoms with Crippen molar-refractivity contribution in [2.45, 2.75) is 40.2 Å². The fourth-order valence-electron chi connectivity index (χ4n) is 2.55. The van der Waals surface area contributed by atoms with Gasteiger partial charge in [-0.3, -0.25) is 4.79 Å². The number of carbonyl (C=O) groups excluding carboxylic acids is 1. The minimum absolute atomic E-state index is 0.0689. The number of carbonyl (C=O) groups is 1. The molecule has 1 amide bonds. The summed E-state index contributed by atoms with van der Waals surface area (Å²) < 4.78 is 0. The average molecular weight is 232 g/mol. The lowest BCUT2D eigenvalue weighted by Crippen LogP contribution is -2.44. The first-order valence-electron chi connectivity index (χ1n) is 5.99. The molecule has 2 rings (SSSR count). The van der Waals surface area contributed by atoms with Gasteiger partial charge in [0, 0.05) is 24.3 Å². The quantitative estimate of drug-likeness (QED) is 0.699. The summed E-state index contributed by atoms with van der Waals surface area (Å²) >= 11 is 0. The molecule has 2 N–H and O–H groups in total. The highest BCUT2D eigenvalue weighted by Crippen LogP contribution is 2.40. The summed E-state index contributed by atoms with van der Waals surface area (Å²) in [5.41, 5.74) is 8.84. The molecule has 0 radical (unpaired) electrons. The molecule has 1 aromatic carbocycles. The Balaban J connectivity index is 2.48. The molecule has 0 saturated carbocycles. The smallest absolute Gasteiger partial charge is 0.224 e. The molecule has 0 fully saturated rings. The number of benzene rings is 1. The van der Waals surface area contributed by atoms with E-state index in [0.29, 0.717) is 0 Å². The van der Waals surface area contributed by atoms with Crippen molar-refractivity contribution in [3.63, 3.8) is 0 Å². The van der Waals surface area contributed by atoms with Gasteiger partial charge in [-0.25, -0.2) is 0 Å². The van der Waals surface area contributed by atoms with Crippen molar-refractivity contribution in [3.8, 4) is 0 Å². The monoisotopic (exact) mass is 232 g/mol. The SMILES string of the molecule is CC(=O)N1c2ccc(N)cc2CC1C(C)(C)C. The Morgan fingerprint density at radius 2 is 2.06 bits per heavy atom. The highest BCUT2D eigenvalue weighted by molar-refractivity contribution is 5.95. The van der Waals surface area contributed by atoms with Gasteiger partial charge in [0.25, 0.3) is 0 Å². The van der Waals surface area contributed by atoms with Gasteiger partial charge in [-0.1, -0.05) is 20.8 Å². The van der Waals surface area contributed by atoms with E-state index in [2.05, 4.69) is 20.8 Å². The summed E-state index contributed by atoms with van der Waals surface area (Å²) in [6.45, 7) is 8.14. The van der Waals surface area contributed by atoms with E-state index in [1.54, 1.807) is 6.92 Å². The van der Waals surface area contributed by atoms with Crippen molar-refractivity contribution in [1.29, 1.82) is 0 Å². The zero-order valence-electron chi connectivity index (χ0n) is 10.9. The second-order valence-corrected chi connectivity index (χ2v) is 5.86. The molecular formula is C14H20N2O. The maximum Gasteiger partial charge on any atom is 0.224 e.